The fraction of sp³-hybridized carbons (Fsp3) is 0.286. The molecule has 28 heavy (non-hydrogen) atoms. The lowest BCUT2D eigenvalue weighted by Gasteiger charge is -2.14. The Morgan fingerprint density at radius 3 is 2.61 bits per heavy atom. The van der Waals surface area contributed by atoms with Crippen LogP contribution >= 0.6 is 11.8 Å². The Balaban J connectivity index is 1.70. The number of nitrogens with one attached hydrogen (secondary N) is 1. The zero-order valence-electron chi connectivity index (χ0n) is 16.5. The van der Waals surface area contributed by atoms with Crippen molar-refractivity contribution >= 4 is 23.4 Å². The minimum Gasteiger partial charge on any atom is -0.492 e. The van der Waals surface area contributed by atoms with Gasteiger partial charge < -0.3 is 14.6 Å². The molecule has 146 valence electrons. The number of amides is 1. The fourth-order valence-corrected chi connectivity index (χ4v) is 3.48. The molecule has 0 spiro atoms. The van der Waals surface area contributed by atoms with E-state index in [1.54, 1.807) is 0 Å². The van der Waals surface area contributed by atoms with Crippen LogP contribution in [0.25, 0.3) is 11.4 Å². The highest BCUT2D eigenvalue weighted by atomic mass is 32.2. The van der Waals surface area contributed by atoms with Crippen LogP contribution in [0.3, 0.4) is 0 Å². The van der Waals surface area contributed by atoms with Gasteiger partial charge in [0, 0.05) is 12.6 Å². The quantitative estimate of drug-likeness (QED) is 0.603. The predicted molar refractivity (Wildman–Crippen MR) is 113 cm³/mol. The summed E-state index contributed by atoms with van der Waals surface area (Å²) < 4.78 is 7.48. The summed E-state index contributed by atoms with van der Waals surface area (Å²) in [6.45, 7) is 6.35. The first-order valence-corrected chi connectivity index (χ1v) is 10.0. The molecule has 0 radical (unpaired) electrons. The van der Waals surface area contributed by atoms with Crippen molar-refractivity contribution in [2.24, 2.45) is 7.05 Å². The maximum atomic E-state index is 12.7. The Kier molecular flexibility index (Phi) is 6.36. The summed E-state index contributed by atoms with van der Waals surface area (Å²) >= 11 is 1.37. The number of rotatable bonds is 7. The molecular weight excluding hydrogens is 372 g/mol. The highest BCUT2D eigenvalue weighted by Gasteiger charge is 2.20. The summed E-state index contributed by atoms with van der Waals surface area (Å²) in [7, 11) is 1.91. The van der Waals surface area contributed by atoms with Gasteiger partial charge in [0.05, 0.1) is 17.5 Å². The Morgan fingerprint density at radius 1 is 1.18 bits per heavy atom. The molecule has 0 aliphatic carbocycles. The molecule has 2 aromatic carbocycles. The molecular formula is C21H24N4O2S. The van der Waals surface area contributed by atoms with Crippen molar-refractivity contribution in [3.8, 4) is 17.1 Å². The molecule has 0 saturated heterocycles. The molecule has 6 nitrogen and oxygen atoms in total. The van der Waals surface area contributed by atoms with Crippen LogP contribution in [0.2, 0.25) is 0 Å². The minimum absolute atomic E-state index is 0.114. The van der Waals surface area contributed by atoms with Crippen molar-refractivity contribution < 1.29 is 9.53 Å². The van der Waals surface area contributed by atoms with Crippen LogP contribution in [0.15, 0.2) is 53.7 Å². The summed E-state index contributed by atoms with van der Waals surface area (Å²) in [6, 6.07) is 15.6. The molecule has 0 bridgehead atoms. The van der Waals surface area contributed by atoms with E-state index in [0.717, 1.165) is 11.4 Å². The molecule has 0 aliphatic rings. The molecule has 1 atom stereocenters. The van der Waals surface area contributed by atoms with E-state index in [2.05, 4.69) is 15.5 Å². The Morgan fingerprint density at radius 2 is 1.89 bits per heavy atom. The van der Waals surface area contributed by atoms with E-state index < -0.39 is 0 Å². The molecule has 1 N–H and O–H groups in total. The number of aryl methyl sites for hydroxylation is 1. The van der Waals surface area contributed by atoms with Crippen molar-refractivity contribution in [1.82, 2.24) is 14.8 Å². The molecule has 1 heterocycles. The van der Waals surface area contributed by atoms with Crippen LogP contribution in [0.4, 0.5) is 5.69 Å². The van der Waals surface area contributed by atoms with Gasteiger partial charge in [-0.25, -0.2) is 0 Å². The van der Waals surface area contributed by atoms with Crippen molar-refractivity contribution in [3.63, 3.8) is 0 Å². The lowest BCUT2D eigenvalue weighted by Crippen LogP contribution is -2.23. The van der Waals surface area contributed by atoms with E-state index >= 15 is 0 Å². The summed E-state index contributed by atoms with van der Waals surface area (Å²) in [4.78, 5) is 12.7. The number of hydrogen-bond donors (Lipinski definition) is 1. The highest BCUT2D eigenvalue weighted by molar-refractivity contribution is 8.00. The van der Waals surface area contributed by atoms with Gasteiger partial charge in [-0.3, -0.25) is 4.79 Å². The number of ether oxygens (including phenoxy) is 1. The second kappa shape index (κ2) is 8.93. The number of carbonyl (C=O) groups is 1. The third-order valence-corrected chi connectivity index (χ3v) is 5.37. The maximum absolute atomic E-state index is 12.7. The second-order valence-electron chi connectivity index (χ2n) is 6.41. The van der Waals surface area contributed by atoms with E-state index in [4.69, 9.17) is 4.74 Å². The number of anilines is 1. The first kappa shape index (κ1) is 19.9. The van der Waals surface area contributed by atoms with Crippen LogP contribution in [0.1, 0.15) is 19.4 Å². The van der Waals surface area contributed by atoms with Crippen molar-refractivity contribution in [2.75, 3.05) is 11.9 Å². The zero-order valence-corrected chi connectivity index (χ0v) is 17.3. The van der Waals surface area contributed by atoms with Gasteiger partial charge in [-0.2, -0.15) is 0 Å². The zero-order chi connectivity index (χ0) is 20.1. The fourth-order valence-electron chi connectivity index (χ4n) is 2.67. The number of thioether (sulfide) groups is 1. The third-order valence-electron chi connectivity index (χ3n) is 4.24. The Bertz CT molecular complexity index is 953. The molecule has 3 rings (SSSR count). The number of para-hydroxylation sites is 2. The SMILES string of the molecule is CCOc1ccccc1NC(=O)C(C)Sc1nnc(-c2ccc(C)cc2)n1C. The summed E-state index contributed by atoms with van der Waals surface area (Å²) in [6.07, 6.45) is 0. The summed E-state index contributed by atoms with van der Waals surface area (Å²) in [5, 5.41) is 11.8. The third kappa shape index (κ3) is 4.54. The van der Waals surface area contributed by atoms with Crippen LogP contribution in [-0.2, 0) is 11.8 Å². The van der Waals surface area contributed by atoms with Gasteiger partial charge in [-0.05, 0) is 32.9 Å². The second-order valence-corrected chi connectivity index (χ2v) is 7.72. The largest absolute Gasteiger partial charge is 0.492 e. The smallest absolute Gasteiger partial charge is 0.237 e. The molecule has 1 aromatic heterocycles. The molecule has 0 fully saturated rings. The van der Waals surface area contributed by atoms with E-state index in [1.807, 2.05) is 80.9 Å². The van der Waals surface area contributed by atoms with Gasteiger partial charge in [0.25, 0.3) is 0 Å². The van der Waals surface area contributed by atoms with Gasteiger partial charge in [-0.15, -0.1) is 10.2 Å². The van der Waals surface area contributed by atoms with Crippen LogP contribution < -0.4 is 10.1 Å². The van der Waals surface area contributed by atoms with E-state index in [-0.39, 0.29) is 11.2 Å². The number of hydrogen-bond acceptors (Lipinski definition) is 5. The number of carbonyl (C=O) groups excluding carboxylic acids is 1. The number of nitrogens with zero attached hydrogens (tertiary/aromatic N) is 3. The minimum atomic E-state index is -0.344. The van der Waals surface area contributed by atoms with E-state index in [9.17, 15) is 4.79 Å². The molecule has 7 heteroatoms. The van der Waals surface area contributed by atoms with Crippen molar-refractivity contribution in [3.05, 3.63) is 54.1 Å². The average molecular weight is 397 g/mol. The number of benzene rings is 2. The van der Waals surface area contributed by atoms with Gasteiger partial charge in [-0.1, -0.05) is 53.7 Å². The lowest BCUT2D eigenvalue weighted by molar-refractivity contribution is -0.115. The van der Waals surface area contributed by atoms with Crippen LogP contribution in [0, 0.1) is 6.92 Å². The topological polar surface area (TPSA) is 69.0 Å². The van der Waals surface area contributed by atoms with E-state index in [1.165, 1.54) is 17.3 Å². The van der Waals surface area contributed by atoms with Gasteiger partial charge in [0.2, 0.25) is 5.91 Å². The predicted octanol–water partition coefficient (Wildman–Crippen LogP) is 4.31. The first-order chi connectivity index (χ1) is 13.5. The maximum Gasteiger partial charge on any atom is 0.237 e. The highest BCUT2D eigenvalue weighted by Crippen LogP contribution is 2.28. The van der Waals surface area contributed by atoms with Crippen molar-refractivity contribution in [2.45, 2.75) is 31.2 Å². The standard InChI is InChI=1S/C21H24N4O2S/c1-5-27-18-9-7-6-8-17(18)22-20(26)15(3)28-21-24-23-19(25(21)4)16-12-10-14(2)11-13-16/h6-13,15H,5H2,1-4H3,(H,22,26). The molecule has 0 saturated carbocycles. The monoisotopic (exact) mass is 396 g/mol. The van der Waals surface area contributed by atoms with E-state index in [0.29, 0.717) is 23.2 Å². The molecule has 3 aromatic rings. The number of aromatic nitrogens is 3. The molecule has 1 amide bonds. The molecule has 0 aliphatic heterocycles. The van der Waals surface area contributed by atoms with Gasteiger partial charge >= 0.3 is 0 Å². The average Bonchev–Trinajstić information content (AvgIpc) is 3.04. The van der Waals surface area contributed by atoms with Gasteiger partial charge in [0.15, 0.2) is 11.0 Å². The first-order valence-electron chi connectivity index (χ1n) is 9.15. The summed E-state index contributed by atoms with van der Waals surface area (Å²) in [5.74, 6) is 1.32. The van der Waals surface area contributed by atoms with Gasteiger partial charge in [0.1, 0.15) is 5.75 Å². The summed E-state index contributed by atoms with van der Waals surface area (Å²) in [5.41, 5.74) is 2.86. The Hall–Kier alpha value is -2.80. The lowest BCUT2D eigenvalue weighted by atomic mass is 10.1. The van der Waals surface area contributed by atoms with Crippen LogP contribution in [0.5, 0.6) is 5.75 Å². The van der Waals surface area contributed by atoms with Crippen LogP contribution in [-0.4, -0.2) is 32.5 Å². The Labute approximate surface area is 169 Å². The normalized spacial score (nSPS) is 11.9. The van der Waals surface area contributed by atoms with Crippen molar-refractivity contribution in [1.29, 1.82) is 0 Å². The molecule has 1 unspecified atom stereocenters.